The number of amides is 2. The van der Waals surface area contributed by atoms with Gasteiger partial charge in [-0.1, -0.05) is 6.92 Å². The normalized spacial score (nSPS) is 19.6. The van der Waals surface area contributed by atoms with Gasteiger partial charge in [0, 0.05) is 32.1 Å². The summed E-state index contributed by atoms with van der Waals surface area (Å²) in [7, 11) is 0. The van der Waals surface area contributed by atoms with E-state index in [1.165, 1.54) is 0 Å². The Balaban J connectivity index is 2.61. The number of aliphatic carboxylic acids is 1. The van der Waals surface area contributed by atoms with E-state index in [0.717, 1.165) is 32.4 Å². The first kappa shape index (κ1) is 15.8. The number of rotatable bonds is 5. The first-order valence-corrected chi connectivity index (χ1v) is 7.23. The van der Waals surface area contributed by atoms with Gasteiger partial charge in [-0.2, -0.15) is 0 Å². The fourth-order valence-corrected chi connectivity index (χ4v) is 2.65. The van der Waals surface area contributed by atoms with Gasteiger partial charge in [0.25, 0.3) is 0 Å². The van der Waals surface area contributed by atoms with Crippen LogP contribution >= 0.6 is 0 Å². The number of urea groups is 1. The third-order valence-electron chi connectivity index (χ3n) is 3.59. The molecule has 1 rings (SSSR count). The van der Waals surface area contributed by atoms with Gasteiger partial charge in [0.05, 0.1) is 0 Å². The molecule has 0 aromatic carbocycles. The first-order chi connectivity index (χ1) is 8.95. The Kier molecular flexibility index (Phi) is 6.12. The number of likely N-dealkylation sites (tertiary alicyclic amines) is 1. The van der Waals surface area contributed by atoms with Gasteiger partial charge in [0.15, 0.2) is 0 Å². The van der Waals surface area contributed by atoms with Crippen molar-refractivity contribution in [1.82, 2.24) is 9.80 Å². The zero-order valence-electron chi connectivity index (χ0n) is 12.3. The third-order valence-corrected chi connectivity index (χ3v) is 3.59. The minimum Gasteiger partial charge on any atom is -0.481 e. The van der Waals surface area contributed by atoms with Crippen LogP contribution in [-0.2, 0) is 4.79 Å². The summed E-state index contributed by atoms with van der Waals surface area (Å²) in [5.41, 5.74) is 0. The Morgan fingerprint density at radius 3 is 2.63 bits per heavy atom. The van der Waals surface area contributed by atoms with E-state index in [1.54, 1.807) is 0 Å². The molecule has 1 aliphatic rings. The Bertz CT molecular complexity index is 318. The number of hydrogen-bond donors (Lipinski definition) is 1. The van der Waals surface area contributed by atoms with Gasteiger partial charge in [-0.25, -0.2) is 4.79 Å². The van der Waals surface area contributed by atoms with Gasteiger partial charge in [-0.3, -0.25) is 4.79 Å². The summed E-state index contributed by atoms with van der Waals surface area (Å²) >= 11 is 0. The van der Waals surface area contributed by atoms with Crippen LogP contribution in [0.1, 0.15) is 46.5 Å². The highest BCUT2D eigenvalue weighted by atomic mass is 16.4. The van der Waals surface area contributed by atoms with Crippen LogP contribution in [0, 0.1) is 5.92 Å². The van der Waals surface area contributed by atoms with E-state index < -0.39 is 5.97 Å². The third kappa shape index (κ3) is 4.73. The Labute approximate surface area is 115 Å². The number of nitrogens with zero attached hydrogens (tertiary/aromatic N) is 2. The number of piperidine rings is 1. The largest absolute Gasteiger partial charge is 0.481 e. The van der Waals surface area contributed by atoms with Gasteiger partial charge < -0.3 is 14.9 Å². The fourth-order valence-electron chi connectivity index (χ4n) is 2.65. The molecule has 1 aliphatic heterocycles. The van der Waals surface area contributed by atoms with Crippen LogP contribution in [0.25, 0.3) is 0 Å². The molecule has 0 radical (unpaired) electrons. The summed E-state index contributed by atoms with van der Waals surface area (Å²) in [4.78, 5) is 26.9. The molecule has 5 heteroatoms. The molecule has 2 amide bonds. The topological polar surface area (TPSA) is 60.9 Å². The van der Waals surface area contributed by atoms with E-state index in [1.807, 2.05) is 23.6 Å². The van der Waals surface area contributed by atoms with Crippen molar-refractivity contribution in [2.75, 3.05) is 19.6 Å². The van der Waals surface area contributed by atoms with Crippen LogP contribution in [0.15, 0.2) is 0 Å². The highest BCUT2D eigenvalue weighted by molar-refractivity contribution is 5.75. The van der Waals surface area contributed by atoms with Crippen molar-refractivity contribution in [3.8, 4) is 0 Å². The lowest BCUT2D eigenvalue weighted by Crippen LogP contribution is -2.50. The lowest BCUT2D eigenvalue weighted by molar-refractivity contribution is -0.138. The average molecular weight is 270 g/mol. The number of carbonyl (C=O) groups excluding carboxylic acids is 1. The van der Waals surface area contributed by atoms with Crippen LogP contribution in [0.4, 0.5) is 4.79 Å². The van der Waals surface area contributed by atoms with Gasteiger partial charge >= 0.3 is 12.0 Å². The van der Waals surface area contributed by atoms with Crippen LogP contribution < -0.4 is 0 Å². The molecule has 0 aliphatic carbocycles. The van der Waals surface area contributed by atoms with Crippen molar-refractivity contribution in [1.29, 1.82) is 0 Å². The maximum atomic E-state index is 12.5. The maximum absolute atomic E-state index is 12.5. The summed E-state index contributed by atoms with van der Waals surface area (Å²) in [5, 5.41) is 8.86. The standard InChI is InChI=1S/C14H26N2O3/c1-4-7-16(11(2)3)14(19)15-8-5-6-12(10-15)9-13(17)18/h11-12H,4-10H2,1-3H3,(H,17,18). The van der Waals surface area contributed by atoms with Gasteiger partial charge in [-0.05, 0) is 39.0 Å². The predicted molar refractivity (Wildman–Crippen MR) is 74.1 cm³/mol. The van der Waals surface area contributed by atoms with Crippen LogP contribution in [0.2, 0.25) is 0 Å². The van der Waals surface area contributed by atoms with Crippen molar-refractivity contribution in [3.63, 3.8) is 0 Å². The van der Waals surface area contributed by atoms with E-state index in [0.29, 0.717) is 6.54 Å². The number of carbonyl (C=O) groups is 2. The average Bonchev–Trinajstić information content (AvgIpc) is 2.34. The molecule has 5 nitrogen and oxygen atoms in total. The number of carboxylic acids is 1. The first-order valence-electron chi connectivity index (χ1n) is 7.23. The quantitative estimate of drug-likeness (QED) is 0.834. The van der Waals surface area contributed by atoms with Crippen LogP contribution in [-0.4, -0.2) is 52.6 Å². The molecule has 1 N–H and O–H groups in total. The fraction of sp³-hybridized carbons (Fsp3) is 0.857. The van der Waals surface area contributed by atoms with E-state index in [-0.39, 0.29) is 24.4 Å². The second-order valence-electron chi connectivity index (χ2n) is 5.62. The van der Waals surface area contributed by atoms with Gasteiger partial charge in [0.2, 0.25) is 0 Å². The number of carboxylic acid groups (broad SMARTS) is 1. The molecule has 19 heavy (non-hydrogen) atoms. The minimum atomic E-state index is -0.770. The van der Waals surface area contributed by atoms with Crippen molar-refractivity contribution in [2.45, 2.75) is 52.5 Å². The molecular weight excluding hydrogens is 244 g/mol. The molecule has 1 atom stereocenters. The molecule has 1 heterocycles. The zero-order valence-corrected chi connectivity index (χ0v) is 12.3. The molecule has 0 bridgehead atoms. The van der Waals surface area contributed by atoms with Gasteiger partial charge in [-0.15, -0.1) is 0 Å². The minimum absolute atomic E-state index is 0.0620. The van der Waals surface area contributed by atoms with E-state index >= 15 is 0 Å². The Morgan fingerprint density at radius 1 is 1.42 bits per heavy atom. The Morgan fingerprint density at radius 2 is 2.11 bits per heavy atom. The van der Waals surface area contributed by atoms with Crippen LogP contribution in [0.5, 0.6) is 0 Å². The second kappa shape index (κ2) is 7.36. The molecule has 0 saturated carbocycles. The van der Waals surface area contributed by atoms with Crippen molar-refractivity contribution in [2.24, 2.45) is 5.92 Å². The summed E-state index contributed by atoms with van der Waals surface area (Å²) < 4.78 is 0. The molecule has 1 fully saturated rings. The van der Waals surface area contributed by atoms with E-state index in [9.17, 15) is 9.59 Å². The lowest BCUT2D eigenvalue weighted by Gasteiger charge is -2.37. The molecule has 1 saturated heterocycles. The molecular formula is C14H26N2O3. The second-order valence-corrected chi connectivity index (χ2v) is 5.62. The van der Waals surface area contributed by atoms with Gasteiger partial charge in [0.1, 0.15) is 0 Å². The smallest absolute Gasteiger partial charge is 0.320 e. The lowest BCUT2D eigenvalue weighted by atomic mass is 9.95. The van der Waals surface area contributed by atoms with E-state index in [4.69, 9.17) is 5.11 Å². The molecule has 0 spiro atoms. The summed E-state index contributed by atoms with van der Waals surface area (Å²) in [6, 6.07) is 0.249. The predicted octanol–water partition coefficient (Wildman–Crippen LogP) is 2.41. The maximum Gasteiger partial charge on any atom is 0.320 e. The highest BCUT2D eigenvalue weighted by Gasteiger charge is 2.28. The molecule has 0 aromatic rings. The summed E-state index contributed by atoms with van der Waals surface area (Å²) in [6.07, 6.45) is 2.92. The van der Waals surface area contributed by atoms with Crippen molar-refractivity contribution in [3.05, 3.63) is 0 Å². The van der Waals surface area contributed by atoms with E-state index in [2.05, 4.69) is 6.92 Å². The van der Waals surface area contributed by atoms with Crippen molar-refractivity contribution >= 4 is 12.0 Å². The summed E-state index contributed by atoms with van der Waals surface area (Å²) in [5.74, 6) is -0.667. The SMILES string of the molecule is CCCN(C(=O)N1CCCC(CC(=O)O)C1)C(C)C. The monoisotopic (exact) mass is 270 g/mol. The number of hydrogen-bond acceptors (Lipinski definition) is 2. The molecule has 1 unspecified atom stereocenters. The Hall–Kier alpha value is -1.26. The zero-order chi connectivity index (χ0) is 14.4. The van der Waals surface area contributed by atoms with Crippen molar-refractivity contribution < 1.29 is 14.7 Å². The van der Waals surface area contributed by atoms with Crippen LogP contribution in [0.3, 0.4) is 0 Å². The summed E-state index contributed by atoms with van der Waals surface area (Å²) in [6.45, 7) is 8.20. The molecule has 110 valence electrons. The molecule has 0 aromatic heterocycles. The highest BCUT2D eigenvalue weighted by Crippen LogP contribution is 2.21.